The van der Waals surface area contributed by atoms with Crippen LogP contribution in [0.2, 0.25) is 0 Å². The van der Waals surface area contributed by atoms with Gasteiger partial charge >= 0.3 is 0 Å². The summed E-state index contributed by atoms with van der Waals surface area (Å²) >= 11 is 0. The molecule has 0 aromatic carbocycles. The Morgan fingerprint density at radius 1 is 1.19 bits per heavy atom. The SMILES string of the molecule is CN1CCCN(C)C(c2nc(C3CCCC3)cc(=O)[nH]2)C1. The Morgan fingerprint density at radius 3 is 2.71 bits per heavy atom. The van der Waals surface area contributed by atoms with Gasteiger partial charge in [0.15, 0.2) is 0 Å². The molecular formula is C16H26N4O. The maximum atomic E-state index is 12.1. The molecule has 5 nitrogen and oxygen atoms in total. The number of nitrogens with zero attached hydrogens (tertiary/aromatic N) is 3. The largest absolute Gasteiger partial charge is 0.309 e. The van der Waals surface area contributed by atoms with Gasteiger partial charge in [0.05, 0.1) is 11.7 Å². The Bertz CT molecular complexity index is 535. The van der Waals surface area contributed by atoms with Crippen molar-refractivity contribution in [3.8, 4) is 0 Å². The number of rotatable bonds is 2. The Balaban J connectivity index is 1.91. The maximum absolute atomic E-state index is 12.1. The van der Waals surface area contributed by atoms with Crippen LogP contribution in [0, 0.1) is 0 Å². The van der Waals surface area contributed by atoms with Crippen LogP contribution in [0.5, 0.6) is 0 Å². The van der Waals surface area contributed by atoms with E-state index in [-0.39, 0.29) is 11.6 Å². The number of H-pyrrole nitrogens is 1. The molecule has 116 valence electrons. The molecule has 5 heteroatoms. The minimum atomic E-state index is 0.00204. The first-order valence-electron chi connectivity index (χ1n) is 8.13. The van der Waals surface area contributed by atoms with E-state index >= 15 is 0 Å². The average molecular weight is 290 g/mol. The lowest BCUT2D eigenvalue weighted by Crippen LogP contribution is -2.33. The number of hydrogen-bond acceptors (Lipinski definition) is 4. The van der Waals surface area contributed by atoms with Crippen molar-refractivity contribution in [1.82, 2.24) is 19.8 Å². The lowest BCUT2D eigenvalue weighted by atomic mass is 10.0. The molecule has 0 spiro atoms. The summed E-state index contributed by atoms with van der Waals surface area (Å²) in [6.07, 6.45) is 6.05. The first kappa shape index (κ1) is 14.7. The molecule has 1 saturated carbocycles. The molecule has 2 aliphatic rings. The molecule has 1 atom stereocenters. The minimum absolute atomic E-state index is 0.00204. The van der Waals surface area contributed by atoms with Crippen LogP contribution in [-0.4, -0.2) is 53.5 Å². The number of aromatic amines is 1. The molecule has 0 amide bonds. The number of aromatic nitrogens is 2. The Labute approximate surface area is 126 Å². The van der Waals surface area contributed by atoms with E-state index in [4.69, 9.17) is 4.98 Å². The summed E-state index contributed by atoms with van der Waals surface area (Å²) in [5.41, 5.74) is 1.01. The van der Waals surface area contributed by atoms with Crippen molar-refractivity contribution in [3.05, 3.63) is 27.9 Å². The van der Waals surface area contributed by atoms with Crippen LogP contribution >= 0.6 is 0 Å². The molecule has 3 rings (SSSR count). The van der Waals surface area contributed by atoms with Crippen molar-refractivity contribution in [3.63, 3.8) is 0 Å². The van der Waals surface area contributed by atoms with Gasteiger partial charge in [0.2, 0.25) is 0 Å². The molecule has 1 aliphatic heterocycles. The molecule has 2 fully saturated rings. The van der Waals surface area contributed by atoms with Gasteiger partial charge in [0.25, 0.3) is 5.56 Å². The zero-order valence-corrected chi connectivity index (χ0v) is 13.1. The molecular weight excluding hydrogens is 264 g/mol. The third-order valence-corrected chi connectivity index (χ3v) is 4.94. The summed E-state index contributed by atoms with van der Waals surface area (Å²) in [6.45, 7) is 3.08. The zero-order valence-electron chi connectivity index (χ0n) is 13.1. The highest BCUT2D eigenvalue weighted by molar-refractivity contribution is 5.12. The average Bonchev–Trinajstić information content (AvgIpc) is 2.92. The standard InChI is InChI=1S/C16H26N4O/c1-19-8-5-9-20(2)14(11-19)16-17-13(10-15(21)18-16)12-6-3-4-7-12/h10,12,14H,3-9,11H2,1-2H3,(H,17,18,21). The van der Waals surface area contributed by atoms with Crippen molar-refractivity contribution in [2.24, 2.45) is 0 Å². The minimum Gasteiger partial charge on any atom is -0.309 e. The van der Waals surface area contributed by atoms with Gasteiger partial charge in [-0.15, -0.1) is 0 Å². The van der Waals surface area contributed by atoms with Crippen LogP contribution in [0.25, 0.3) is 0 Å². The van der Waals surface area contributed by atoms with Crippen molar-refractivity contribution in [2.75, 3.05) is 33.7 Å². The second kappa shape index (κ2) is 6.28. The summed E-state index contributed by atoms with van der Waals surface area (Å²) < 4.78 is 0. The van der Waals surface area contributed by atoms with E-state index in [9.17, 15) is 4.79 Å². The van der Waals surface area contributed by atoms with Crippen molar-refractivity contribution >= 4 is 0 Å². The van der Waals surface area contributed by atoms with E-state index in [1.807, 2.05) is 0 Å². The van der Waals surface area contributed by atoms with Gasteiger partial charge < -0.3 is 9.88 Å². The van der Waals surface area contributed by atoms with E-state index in [0.717, 1.165) is 37.6 Å². The van der Waals surface area contributed by atoms with Gasteiger partial charge in [-0.2, -0.15) is 0 Å². The molecule has 1 aliphatic carbocycles. The van der Waals surface area contributed by atoms with E-state index in [2.05, 4.69) is 28.9 Å². The first-order valence-corrected chi connectivity index (χ1v) is 8.13. The highest BCUT2D eigenvalue weighted by atomic mass is 16.1. The Morgan fingerprint density at radius 2 is 1.95 bits per heavy atom. The summed E-state index contributed by atoms with van der Waals surface area (Å²) in [4.78, 5) is 24.5. The van der Waals surface area contributed by atoms with Gasteiger partial charge in [-0.3, -0.25) is 9.69 Å². The zero-order chi connectivity index (χ0) is 14.8. The highest BCUT2D eigenvalue weighted by Crippen LogP contribution is 2.33. The van der Waals surface area contributed by atoms with Crippen molar-refractivity contribution in [1.29, 1.82) is 0 Å². The second-order valence-corrected chi connectivity index (χ2v) is 6.65. The topological polar surface area (TPSA) is 52.2 Å². The molecule has 1 aromatic rings. The maximum Gasteiger partial charge on any atom is 0.251 e. The van der Waals surface area contributed by atoms with Crippen LogP contribution in [0.15, 0.2) is 10.9 Å². The molecule has 1 saturated heterocycles. The lowest BCUT2D eigenvalue weighted by Gasteiger charge is -2.27. The molecule has 1 N–H and O–H groups in total. The molecule has 1 unspecified atom stereocenters. The smallest absolute Gasteiger partial charge is 0.251 e. The first-order chi connectivity index (χ1) is 10.1. The van der Waals surface area contributed by atoms with Gasteiger partial charge in [-0.1, -0.05) is 12.8 Å². The number of hydrogen-bond donors (Lipinski definition) is 1. The van der Waals surface area contributed by atoms with Gasteiger partial charge in [-0.05, 0) is 46.4 Å². The second-order valence-electron chi connectivity index (χ2n) is 6.65. The number of nitrogens with one attached hydrogen (secondary N) is 1. The molecule has 0 radical (unpaired) electrons. The van der Waals surface area contributed by atoms with Crippen LogP contribution in [-0.2, 0) is 0 Å². The summed E-state index contributed by atoms with van der Waals surface area (Å²) in [7, 11) is 4.27. The van der Waals surface area contributed by atoms with E-state index in [1.165, 1.54) is 25.7 Å². The van der Waals surface area contributed by atoms with Crippen molar-refractivity contribution < 1.29 is 0 Å². The molecule has 0 bridgehead atoms. The fourth-order valence-corrected chi connectivity index (χ4v) is 3.65. The van der Waals surface area contributed by atoms with Gasteiger partial charge in [0.1, 0.15) is 5.82 Å². The quantitative estimate of drug-likeness (QED) is 0.901. The van der Waals surface area contributed by atoms with Crippen LogP contribution < -0.4 is 5.56 Å². The highest BCUT2D eigenvalue weighted by Gasteiger charge is 2.26. The Kier molecular flexibility index (Phi) is 4.40. The fourth-order valence-electron chi connectivity index (χ4n) is 3.65. The van der Waals surface area contributed by atoms with Crippen LogP contribution in [0.1, 0.15) is 55.6 Å². The molecule has 2 heterocycles. The van der Waals surface area contributed by atoms with E-state index in [0.29, 0.717) is 5.92 Å². The molecule has 21 heavy (non-hydrogen) atoms. The van der Waals surface area contributed by atoms with E-state index in [1.54, 1.807) is 6.07 Å². The van der Waals surface area contributed by atoms with Crippen LogP contribution in [0.3, 0.4) is 0 Å². The normalized spacial score (nSPS) is 26.1. The third-order valence-electron chi connectivity index (χ3n) is 4.94. The predicted molar refractivity (Wildman–Crippen MR) is 83.6 cm³/mol. The predicted octanol–water partition coefficient (Wildman–Crippen LogP) is 1.74. The third kappa shape index (κ3) is 3.35. The van der Waals surface area contributed by atoms with Crippen LogP contribution in [0.4, 0.5) is 0 Å². The summed E-state index contributed by atoms with van der Waals surface area (Å²) in [6, 6.07) is 1.89. The lowest BCUT2D eigenvalue weighted by molar-refractivity contribution is 0.218. The summed E-state index contributed by atoms with van der Waals surface area (Å²) in [5, 5.41) is 0. The monoisotopic (exact) mass is 290 g/mol. The fraction of sp³-hybridized carbons (Fsp3) is 0.750. The Hall–Kier alpha value is -1.20. The molecule has 1 aromatic heterocycles. The van der Waals surface area contributed by atoms with Gasteiger partial charge in [-0.25, -0.2) is 4.98 Å². The van der Waals surface area contributed by atoms with E-state index < -0.39 is 0 Å². The van der Waals surface area contributed by atoms with Gasteiger partial charge in [0, 0.05) is 18.5 Å². The summed E-state index contributed by atoms with van der Waals surface area (Å²) in [5.74, 6) is 1.33. The van der Waals surface area contributed by atoms with Crippen molar-refractivity contribution in [2.45, 2.75) is 44.1 Å². The number of likely N-dealkylation sites (N-methyl/N-ethyl adjacent to an activating group) is 2.